The quantitative estimate of drug-likeness (QED) is 0.597. The molecule has 0 N–H and O–H groups in total. The highest BCUT2D eigenvalue weighted by Crippen LogP contribution is 2.14. The number of halogens is 1. The lowest BCUT2D eigenvalue weighted by molar-refractivity contribution is 0.0969. The van der Waals surface area contributed by atoms with Crippen molar-refractivity contribution in [1.29, 1.82) is 0 Å². The number of pyridine rings is 1. The zero-order valence-electron chi connectivity index (χ0n) is 13.9. The summed E-state index contributed by atoms with van der Waals surface area (Å²) >= 11 is 3.32. The molecular weight excluding hydrogens is 382 g/mol. The minimum absolute atomic E-state index is 0.00229. The maximum atomic E-state index is 12.7. The summed E-state index contributed by atoms with van der Waals surface area (Å²) in [6.07, 6.45) is 3.93. The molecule has 5 nitrogen and oxygen atoms in total. The summed E-state index contributed by atoms with van der Waals surface area (Å²) in [7, 11) is 0. The lowest BCUT2D eigenvalue weighted by atomic mass is 10.1. The van der Waals surface area contributed by atoms with Crippen LogP contribution in [0.2, 0.25) is 0 Å². The van der Waals surface area contributed by atoms with Crippen LogP contribution in [0.1, 0.15) is 28.5 Å². The average Bonchev–Trinajstić information content (AvgIpc) is 3.01. The van der Waals surface area contributed by atoms with Crippen LogP contribution in [0.4, 0.5) is 0 Å². The summed E-state index contributed by atoms with van der Waals surface area (Å²) in [5.41, 5.74) is 2.39. The highest BCUT2D eigenvalue weighted by Gasteiger charge is 2.17. The molecule has 3 rings (SSSR count). The van der Waals surface area contributed by atoms with E-state index < -0.39 is 0 Å². The van der Waals surface area contributed by atoms with Gasteiger partial charge in [-0.1, -0.05) is 37.3 Å². The molecule has 0 aliphatic carbocycles. The van der Waals surface area contributed by atoms with Gasteiger partial charge in [0.15, 0.2) is 5.78 Å². The molecule has 0 bridgehead atoms. The van der Waals surface area contributed by atoms with E-state index in [-0.39, 0.29) is 17.9 Å². The number of Topliss-reactive ketones (excluding diaryl/α,β-unsaturated/α-hetero) is 1. The number of carbonyl (C=O) groups is 1. The number of rotatable bonds is 6. The van der Waals surface area contributed by atoms with E-state index in [9.17, 15) is 9.59 Å². The molecule has 6 heteroatoms. The molecule has 0 unspecified atom stereocenters. The van der Waals surface area contributed by atoms with Crippen molar-refractivity contribution >= 4 is 21.7 Å². The molecule has 0 saturated heterocycles. The van der Waals surface area contributed by atoms with Crippen LogP contribution in [-0.4, -0.2) is 20.1 Å². The minimum Gasteiger partial charge on any atom is -0.307 e. The number of hydrogen-bond acceptors (Lipinski definition) is 3. The molecule has 0 fully saturated rings. The molecule has 2 heterocycles. The molecule has 25 heavy (non-hydrogen) atoms. The fourth-order valence-electron chi connectivity index (χ4n) is 2.77. The van der Waals surface area contributed by atoms with Crippen LogP contribution in [0.3, 0.4) is 0 Å². The van der Waals surface area contributed by atoms with Crippen LogP contribution < -0.4 is 5.56 Å². The third kappa shape index (κ3) is 3.96. The van der Waals surface area contributed by atoms with Crippen molar-refractivity contribution in [3.8, 4) is 0 Å². The lowest BCUT2D eigenvalue weighted by Gasteiger charge is -2.09. The van der Waals surface area contributed by atoms with Crippen molar-refractivity contribution in [1.82, 2.24) is 14.3 Å². The molecule has 0 aliphatic heterocycles. The largest absolute Gasteiger partial charge is 0.307 e. The summed E-state index contributed by atoms with van der Waals surface area (Å²) < 4.78 is 4.02. The highest BCUT2D eigenvalue weighted by atomic mass is 79.9. The maximum Gasteiger partial charge on any atom is 0.251 e. The Morgan fingerprint density at radius 2 is 1.92 bits per heavy atom. The Morgan fingerprint density at radius 3 is 2.64 bits per heavy atom. The van der Waals surface area contributed by atoms with E-state index in [1.807, 2.05) is 41.9 Å². The SMILES string of the molecule is CCc1c(C(=O)Cn2cc(Br)ccc2=O)cnn1Cc1ccccc1. The highest BCUT2D eigenvalue weighted by molar-refractivity contribution is 9.10. The van der Waals surface area contributed by atoms with Gasteiger partial charge >= 0.3 is 0 Å². The van der Waals surface area contributed by atoms with Gasteiger partial charge in [0.2, 0.25) is 0 Å². The molecule has 1 aromatic carbocycles. The van der Waals surface area contributed by atoms with Crippen molar-refractivity contribution in [2.75, 3.05) is 0 Å². The predicted molar refractivity (Wildman–Crippen MR) is 99.9 cm³/mol. The fourth-order valence-corrected chi connectivity index (χ4v) is 3.15. The topological polar surface area (TPSA) is 56.9 Å². The Kier molecular flexibility index (Phi) is 5.28. The zero-order chi connectivity index (χ0) is 17.8. The van der Waals surface area contributed by atoms with Crippen molar-refractivity contribution in [3.63, 3.8) is 0 Å². The van der Waals surface area contributed by atoms with Crippen molar-refractivity contribution in [2.45, 2.75) is 26.4 Å². The van der Waals surface area contributed by atoms with E-state index in [2.05, 4.69) is 21.0 Å². The van der Waals surface area contributed by atoms with Gasteiger partial charge in [0.1, 0.15) is 0 Å². The van der Waals surface area contributed by atoms with Crippen molar-refractivity contribution < 1.29 is 4.79 Å². The number of aromatic nitrogens is 3. The van der Waals surface area contributed by atoms with Crippen LogP contribution in [0, 0.1) is 0 Å². The van der Waals surface area contributed by atoms with Gasteiger partial charge in [0, 0.05) is 22.4 Å². The number of hydrogen-bond donors (Lipinski definition) is 0. The summed E-state index contributed by atoms with van der Waals surface area (Å²) in [5.74, 6) is -0.114. The first-order valence-corrected chi connectivity index (χ1v) is 8.85. The summed E-state index contributed by atoms with van der Waals surface area (Å²) in [6, 6.07) is 13.1. The van der Waals surface area contributed by atoms with Gasteiger partial charge in [-0.15, -0.1) is 0 Å². The van der Waals surface area contributed by atoms with Crippen LogP contribution >= 0.6 is 15.9 Å². The van der Waals surface area contributed by atoms with E-state index >= 15 is 0 Å². The van der Waals surface area contributed by atoms with Gasteiger partial charge in [-0.3, -0.25) is 14.3 Å². The third-order valence-corrected chi connectivity index (χ3v) is 4.49. The number of benzene rings is 1. The van der Waals surface area contributed by atoms with Gasteiger partial charge in [-0.25, -0.2) is 0 Å². The zero-order valence-corrected chi connectivity index (χ0v) is 15.4. The Balaban J connectivity index is 1.86. The first-order valence-electron chi connectivity index (χ1n) is 8.06. The number of ketones is 1. The molecule has 0 aliphatic rings. The molecule has 0 atom stereocenters. The van der Waals surface area contributed by atoms with Crippen LogP contribution in [0.15, 0.2) is 64.1 Å². The second-order valence-electron chi connectivity index (χ2n) is 5.74. The molecule has 3 aromatic rings. The molecular formula is C19H18BrN3O2. The first-order chi connectivity index (χ1) is 12.1. The summed E-state index contributed by atoms with van der Waals surface area (Å²) in [4.78, 5) is 24.6. The summed E-state index contributed by atoms with van der Waals surface area (Å²) in [6.45, 7) is 2.62. The normalized spacial score (nSPS) is 10.8. The van der Waals surface area contributed by atoms with E-state index in [0.717, 1.165) is 15.7 Å². The number of carbonyl (C=O) groups excluding carboxylic acids is 1. The lowest BCUT2D eigenvalue weighted by Crippen LogP contribution is -2.23. The molecule has 0 spiro atoms. The van der Waals surface area contributed by atoms with E-state index in [1.165, 1.54) is 10.6 Å². The molecule has 128 valence electrons. The fraction of sp³-hybridized carbons (Fsp3) is 0.211. The summed E-state index contributed by atoms with van der Waals surface area (Å²) in [5, 5.41) is 4.38. The van der Waals surface area contributed by atoms with Crippen molar-refractivity contribution in [2.24, 2.45) is 0 Å². The Hall–Kier alpha value is -2.47. The van der Waals surface area contributed by atoms with Gasteiger partial charge in [-0.05, 0) is 34.0 Å². The second-order valence-corrected chi connectivity index (χ2v) is 6.65. The third-order valence-electron chi connectivity index (χ3n) is 4.02. The van der Waals surface area contributed by atoms with Gasteiger partial charge < -0.3 is 4.57 Å². The second kappa shape index (κ2) is 7.61. The van der Waals surface area contributed by atoms with Crippen LogP contribution in [-0.2, 0) is 19.5 Å². The first kappa shape index (κ1) is 17.4. The van der Waals surface area contributed by atoms with Crippen molar-refractivity contribution in [3.05, 3.63) is 86.5 Å². The standard InChI is InChI=1S/C19H18BrN3O2/c1-2-17-16(10-21-23(17)11-14-6-4-3-5-7-14)18(24)13-22-12-15(20)8-9-19(22)25/h3-10,12H,2,11,13H2,1H3. The Bertz CT molecular complexity index is 945. The van der Waals surface area contributed by atoms with Gasteiger partial charge in [-0.2, -0.15) is 5.10 Å². The van der Waals surface area contributed by atoms with E-state index in [1.54, 1.807) is 18.5 Å². The molecule has 0 radical (unpaired) electrons. The Labute approximate surface area is 154 Å². The predicted octanol–water partition coefficient (Wildman–Crippen LogP) is 3.30. The van der Waals surface area contributed by atoms with E-state index in [4.69, 9.17) is 0 Å². The monoisotopic (exact) mass is 399 g/mol. The van der Waals surface area contributed by atoms with Crippen LogP contribution in [0.25, 0.3) is 0 Å². The molecule has 2 aromatic heterocycles. The van der Waals surface area contributed by atoms with Gasteiger partial charge in [0.05, 0.1) is 24.8 Å². The molecule has 0 saturated carbocycles. The Morgan fingerprint density at radius 1 is 1.16 bits per heavy atom. The maximum absolute atomic E-state index is 12.7. The van der Waals surface area contributed by atoms with Crippen LogP contribution in [0.5, 0.6) is 0 Å². The number of nitrogens with zero attached hydrogens (tertiary/aromatic N) is 3. The average molecular weight is 400 g/mol. The smallest absolute Gasteiger partial charge is 0.251 e. The molecule has 0 amide bonds. The van der Waals surface area contributed by atoms with E-state index in [0.29, 0.717) is 18.5 Å². The minimum atomic E-state index is -0.203. The van der Waals surface area contributed by atoms with Gasteiger partial charge in [0.25, 0.3) is 5.56 Å².